The van der Waals surface area contributed by atoms with Crippen molar-refractivity contribution in [2.45, 2.75) is 25.7 Å². The summed E-state index contributed by atoms with van der Waals surface area (Å²) in [6.45, 7) is 3.23. The van der Waals surface area contributed by atoms with Gasteiger partial charge in [0.15, 0.2) is 0 Å². The van der Waals surface area contributed by atoms with E-state index in [1.807, 2.05) is 17.9 Å². The third-order valence-corrected chi connectivity index (χ3v) is 4.70. The van der Waals surface area contributed by atoms with Crippen molar-refractivity contribution in [2.24, 2.45) is 0 Å². The Morgan fingerprint density at radius 1 is 1.48 bits per heavy atom. The number of rotatable bonds is 2. The van der Waals surface area contributed by atoms with E-state index in [-0.39, 0.29) is 17.5 Å². The first-order valence-corrected chi connectivity index (χ1v) is 7.77. The van der Waals surface area contributed by atoms with Gasteiger partial charge in [0, 0.05) is 30.9 Å². The van der Waals surface area contributed by atoms with E-state index in [9.17, 15) is 9.59 Å². The Labute approximate surface area is 125 Å². The van der Waals surface area contributed by atoms with Gasteiger partial charge in [-0.3, -0.25) is 4.79 Å². The zero-order chi connectivity index (χ0) is 14.8. The third kappa shape index (κ3) is 2.87. The van der Waals surface area contributed by atoms with E-state index in [4.69, 9.17) is 0 Å². The van der Waals surface area contributed by atoms with Crippen molar-refractivity contribution in [1.82, 2.24) is 19.9 Å². The number of likely N-dealkylation sites (tertiary alicyclic amines) is 1. The Balaban J connectivity index is 1.79. The van der Waals surface area contributed by atoms with Crippen LogP contribution in [0.3, 0.4) is 0 Å². The van der Waals surface area contributed by atoms with Gasteiger partial charge in [0.25, 0.3) is 5.91 Å². The molecule has 1 atom stereocenters. The van der Waals surface area contributed by atoms with Crippen molar-refractivity contribution in [2.75, 3.05) is 13.1 Å². The number of nitrogens with zero attached hydrogens (tertiary/aromatic N) is 3. The Morgan fingerprint density at radius 3 is 3.05 bits per heavy atom. The number of hydrogen-bond acceptors (Lipinski definition) is 5. The molecule has 0 radical (unpaired) electrons. The fourth-order valence-corrected chi connectivity index (χ4v) is 3.46. The normalized spacial score (nSPS) is 18.7. The van der Waals surface area contributed by atoms with Crippen LogP contribution in [0, 0.1) is 6.92 Å². The summed E-state index contributed by atoms with van der Waals surface area (Å²) in [5.74, 6) is 0.197. The van der Waals surface area contributed by atoms with Crippen LogP contribution in [0.15, 0.2) is 22.6 Å². The van der Waals surface area contributed by atoms with Crippen LogP contribution in [0.5, 0.6) is 0 Å². The second-order valence-electron chi connectivity index (χ2n) is 5.19. The highest BCUT2D eigenvalue weighted by atomic mass is 32.1. The molecule has 3 heterocycles. The Kier molecular flexibility index (Phi) is 3.83. The standard InChI is InChI=1S/C14H16N4O2S/c1-9-12(21-8-16-9)13(19)18-6-2-3-10(7-18)11-4-5-15-14(20)17-11/h4-5,8,10H,2-3,6-7H2,1H3,(H,15,17,20). The quantitative estimate of drug-likeness (QED) is 0.913. The number of aromatic nitrogens is 3. The van der Waals surface area contributed by atoms with E-state index in [0.717, 1.165) is 30.8 Å². The average molecular weight is 304 g/mol. The summed E-state index contributed by atoms with van der Waals surface area (Å²) < 4.78 is 0. The van der Waals surface area contributed by atoms with Crippen molar-refractivity contribution < 1.29 is 4.79 Å². The lowest BCUT2D eigenvalue weighted by molar-refractivity contribution is 0.0710. The maximum absolute atomic E-state index is 12.5. The molecule has 0 aliphatic carbocycles. The Morgan fingerprint density at radius 2 is 2.33 bits per heavy atom. The van der Waals surface area contributed by atoms with Crippen LogP contribution in [-0.4, -0.2) is 38.8 Å². The second kappa shape index (κ2) is 5.77. The molecule has 7 heteroatoms. The van der Waals surface area contributed by atoms with Gasteiger partial charge >= 0.3 is 5.69 Å². The van der Waals surface area contributed by atoms with Crippen LogP contribution in [0.2, 0.25) is 0 Å². The van der Waals surface area contributed by atoms with Gasteiger partial charge in [0.1, 0.15) is 4.88 Å². The van der Waals surface area contributed by atoms with Crippen molar-refractivity contribution in [3.63, 3.8) is 0 Å². The van der Waals surface area contributed by atoms with Gasteiger partial charge in [-0.1, -0.05) is 0 Å². The molecule has 0 saturated carbocycles. The molecule has 110 valence electrons. The lowest BCUT2D eigenvalue weighted by Gasteiger charge is -2.32. The van der Waals surface area contributed by atoms with Gasteiger partial charge < -0.3 is 9.88 Å². The van der Waals surface area contributed by atoms with Crippen LogP contribution in [0.4, 0.5) is 0 Å². The van der Waals surface area contributed by atoms with Crippen LogP contribution in [0.25, 0.3) is 0 Å². The van der Waals surface area contributed by atoms with Gasteiger partial charge in [0.2, 0.25) is 0 Å². The Hall–Kier alpha value is -2.02. The lowest BCUT2D eigenvalue weighted by Crippen LogP contribution is -2.39. The minimum absolute atomic E-state index is 0.0381. The van der Waals surface area contributed by atoms with Crippen LogP contribution in [-0.2, 0) is 0 Å². The molecule has 3 rings (SSSR count). The number of nitrogens with one attached hydrogen (secondary N) is 1. The molecule has 21 heavy (non-hydrogen) atoms. The van der Waals surface area contributed by atoms with E-state index in [2.05, 4.69) is 15.0 Å². The van der Waals surface area contributed by atoms with Gasteiger partial charge in [-0.05, 0) is 25.8 Å². The highest BCUT2D eigenvalue weighted by Gasteiger charge is 2.27. The number of carbonyl (C=O) groups excluding carboxylic acids is 1. The van der Waals surface area contributed by atoms with Crippen molar-refractivity contribution in [3.8, 4) is 0 Å². The Bertz CT molecular complexity index is 709. The molecule has 0 aromatic carbocycles. The van der Waals surface area contributed by atoms with E-state index in [1.165, 1.54) is 17.5 Å². The number of piperidine rings is 1. The van der Waals surface area contributed by atoms with Gasteiger partial charge in [-0.25, -0.2) is 14.8 Å². The van der Waals surface area contributed by atoms with Gasteiger partial charge in [-0.15, -0.1) is 11.3 Å². The zero-order valence-electron chi connectivity index (χ0n) is 11.7. The number of aryl methyl sites for hydroxylation is 1. The number of H-pyrrole nitrogens is 1. The monoisotopic (exact) mass is 304 g/mol. The smallest absolute Gasteiger partial charge is 0.337 e. The predicted octanol–water partition coefficient (Wildman–Crippen LogP) is 1.55. The molecule has 1 amide bonds. The molecule has 2 aromatic heterocycles. The van der Waals surface area contributed by atoms with Crippen molar-refractivity contribution in [1.29, 1.82) is 0 Å². The maximum Gasteiger partial charge on any atom is 0.345 e. The summed E-state index contributed by atoms with van der Waals surface area (Å²) in [7, 11) is 0. The highest BCUT2D eigenvalue weighted by molar-refractivity contribution is 7.11. The minimum atomic E-state index is -0.339. The predicted molar refractivity (Wildman–Crippen MR) is 79.6 cm³/mol. The summed E-state index contributed by atoms with van der Waals surface area (Å²) in [5, 5.41) is 0. The van der Waals surface area contributed by atoms with Crippen molar-refractivity contribution >= 4 is 17.2 Å². The van der Waals surface area contributed by atoms with E-state index >= 15 is 0 Å². The first-order valence-electron chi connectivity index (χ1n) is 6.89. The minimum Gasteiger partial charge on any atom is -0.337 e. The molecule has 1 aliphatic rings. The molecule has 1 unspecified atom stereocenters. The first-order chi connectivity index (χ1) is 10.1. The van der Waals surface area contributed by atoms with E-state index < -0.39 is 0 Å². The third-order valence-electron chi connectivity index (χ3n) is 3.79. The molecule has 6 nitrogen and oxygen atoms in total. The fraction of sp³-hybridized carbons (Fsp3) is 0.429. The SMILES string of the molecule is Cc1ncsc1C(=O)N1CCCC(c2ccnc(=O)[nH]2)C1. The molecule has 0 bridgehead atoms. The van der Waals surface area contributed by atoms with Crippen molar-refractivity contribution in [3.05, 3.63) is 44.5 Å². The van der Waals surface area contributed by atoms with Gasteiger partial charge in [-0.2, -0.15) is 0 Å². The summed E-state index contributed by atoms with van der Waals surface area (Å²) in [4.78, 5) is 37.0. The average Bonchev–Trinajstić information content (AvgIpc) is 2.93. The number of aromatic amines is 1. The second-order valence-corrected chi connectivity index (χ2v) is 6.04. The first kappa shape index (κ1) is 13.9. The molecule has 2 aromatic rings. The zero-order valence-corrected chi connectivity index (χ0v) is 12.5. The summed E-state index contributed by atoms with van der Waals surface area (Å²) in [6.07, 6.45) is 3.41. The molecule has 1 saturated heterocycles. The molecule has 1 fully saturated rings. The topological polar surface area (TPSA) is 79.0 Å². The fourth-order valence-electron chi connectivity index (χ4n) is 2.69. The molecular weight excluding hydrogens is 288 g/mol. The molecule has 1 aliphatic heterocycles. The lowest BCUT2D eigenvalue weighted by atomic mass is 9.94. The summed E-state index contributed by atoms with van der Waals surface area (Å²) in [6, 6.07) is 1.82. The summed E-state index contributed by atoms with van der Waals surface area (Å²) in [5.41, 5.74) is 3.00. The molecule has 1 N–H and O–H groups in total. The highest BCUT2D eigenvalue weighted by Crippen LogP contribution is 2.27. The number of thiazole rings is 1. The van der Waals surface area contributed by atoms with Crippen LogP contribution in [0.1, 0.15) is 39.8 Å². The maximum atomic E-state index is 12.5. The molecular formula is C14H16N4O2S. The number of amides is 1. The number of hydrogen-bond donors (Lipinski definition) is 1. The summed E-state index contributed by atoms with van der Waals surface area (Å²) >= 11 is 1.38. The number of carbonyl (C=O) groups is 1. The largest absolute Gasteiger partial charge is 0.345 e. The van der Waals surface area contributed by atoms with Crippen LogP contribution >= 0.6 is 11.3 Å². The van der Waals surface area contributed by atoms with Gasteiger partial charge in [0.05, 0.1) is 11.2 Å². The van der Waals surface area contributed by atoms with E-state index in [0.29, 0.717) is 11.4 Å². The van der Waals surface area contributed by atoms with E-state index in [1.54, 1.807) is 5.51 Å². The molecule has 0 spiro atoms. The van der Waals surface area contributed by atoms with Crippen LogP contribution < -0.4 is 5.69 Å².